The van der Waals surface area contributed by atoms with E-state index in [2.05, 4.69) is 5.32 Å². The molecule has 2 aromatic heterocycles. The number of carbonyl (C=O) groups excluding carboxylic acids is 2. The Balaban J connectivity index is 1.20. The standard InChI is InChI=1S/C36H35N5O5/c1-22-6-5-9-32-37-27(18-33(42)41(22)32)20-39-29-17-25(35(43)38-26-7-3-2-4-8-26)13-14-28(29)34(24-11-12-24)40(36(39)44)19-23-10-15-30-31(16-23)46-21-45-30/h5-6,9-10,13-18,26H,2-4,7-8,11-12,19-21H2,1H3,(H,38,43). The number of aryl methyl sites for hydroxylation is 1. The second-order valence-electron chi connectivity index (χ2n) is 12.6. The maximum Gasteiger partial charge on any atom is 0.329 e. The number of rotatable bonds is 6. The summed E-state index contributed by atoms with van der Waals surface area (Å²) < 4.78 is 12.7. The molecule has 10 heteroatoms. The smallest absolute Gasteiger partial charge is 0.329 e. The van der Waals surface area contributed by atoms with Gasteiger partial charge >= 0.3 is 6.03 Å². The number of hydrogen-bond donors (Lipinski definition) is 1. The largest absolute Gasteiger partial charge is 0.454 e. The lowest BCUT2D eigenvalue weighted by Crippen LogP contribution is -2.46. The zero-order valence-electron chi connectivity index (χ0n) is 25.8. The van der Waals surface area contributed by atoms with Crippen LogP contribution in [0.3, 0.4) is 0 Å². The predicted octanol–water partition coefficient (Wildman–Crippen LogP) is 5.94. The maximum absolute atomic E-state index is 14.6. The van der Waals surface area contributed by atoms with Crippen LogP contribution in [0, 0.1) is 6.92 Å². The van der Waals surface area contributed by atoms with Gasteiger partial charge < -0.3 is 14.8 Å². The molecule has 2 aromatic carbocycles. The number of benzene rings is 2. The van der Waals surface area contributed by atoms with Gasteiger partial charge in [-0.2, -0.15) is 0 Å². The van der Waals surface area contributed by atoms with E-state index < -0.39 is 0 Å². The van der Waals surface area contributed by atoms with Gasteiger partial charge in [-0.1, -0.05) is 31.4 Å². The number of anilines is 1. The summed E-state index contributed by atoms with van der Waals surface area (Å²) in [5, 5.41) is 3.22. The van der Waals surface area contributed by atoms with E-state index >= 15 is 0 Å². The van der Waals surface area contributed by atoms with Crippen molar-refractivity contribution in [2.45, 2.75) is 71.0 Å². The van der Waals surface area contributed by atoms with Crippen molar-refractivity contribution in [2.75, 3.05) is 11.7 Å². The van der Waals surface area contributed by atoms with E-state index in [1.165, 1.54) is 18.1 Å². The van der Waals surface area contributed by atoms with Gasteiger partial charge in [0, 0.05) is 28.9 Å². The van der Waals surface area contributed by atoms with E-state index in [0.717, 1.165) is 61.0 Å². The fourth-order valence-electron chi connectivity index (χ4n) is 6.91. The number of aromatic nitrogens is 2. The van der Waals surface area contributed by atoms with Crippen molar-refractivity contribution >= 4 is 29.0 Å². The summed E-state index contributed by atoms with van der Waals surface area (Å²) >= 11 is 0. The molecule has 0 atom stereocenters. The monoisotopic (exact) mass is 617 g/mol. The number of ether oxygens (including phenoxy) is 2. The summed E-state index contributed by atoms with van der Waals surface area (Å²) in [5.41, 5.74) is 6.59. The number of fused-ring (bicyclic) bond motifs is 3. The van der Waals surface area contributed by atoms with Crippen molar-refractivity contribution in [1.82, 2.24) is 19.6 Å². The molecule has 2 fully saturated rings. The molecule has 4 heterocycles. The molecule has 8 rings (SSSR count). The van der Waals surface area contributed by atoms with Crippen LogP contribution in [0.5, 0.6) is 11.5 Å². The van der Waals surface area contributed by atoms with Crippen LogP contribution in [0.25, 0.3) is 11.3 Å². The zero-order chi connectivity index (χ0) is 31.4. The number of allylic oxidation sites excluding steroid dienone is 1. The molecule has 2 saturated carbocycles. The Hall–Kier alpha value is -5.12. The van der Waals surface area contributed by atoms with E-state index in [9.17, 15) is 14.4 Å². The zero-order valence-corrected chi connectivity index (χ0v) is 25.8. The molecule has 0 bridgehead atoms. The predicted molar refractivity (Wildman–Crippen MR) is 173 cm³/mol. The quantitative estimate of drug-likeness (QED) is 0.287. The third kappa shape index (κ3) is 5.17. The highest BCUT2D eigenvalue weighted by atomic mass is 16.7. The highest BCUT2D eigenvalue weighted by molar-refractivity contribution is 6.07. The van der Waals surface area contributed by atoms with Gasteiger partial charge in [0.25, 0.3) is 11.5 Å². The molecule has 46 heavy (non-hydrogen) atoms. The van der Waals surface area contributed by atoms with Crippen molar-refractivity contribution in [3.63, 3.8) is 0 Å². The molecule has 4 aromatic rings. The van der Waals surface area contributed by atoms with Crippen LogP contribution in [-0.4, -0.2) is 39.1 Å². The van der Waals surface area contributed by atoms with Gasteiger partial charge in [-0.05, 0) is 86.2 Å². The van der Waals surface area contributed by atoms with E-state index in [0.29, 0.717) is 40.6 Å². The Morgan fingerprint density at radius 3 is 2.57 bits per heavy atom. The first-order valence-electron chi connectivity index (χ1n) is 16.1. The van der Waals surface area contributed by atoms with E-state index in [1.807, 2.05) is 60.4 Å². The molecule has 0 spiro atoms. The van der Waals surface area contributed by atoms with Gasteiger partial charge in [-0.25, -0.2) is 9.78 Å². The summed E-state index contributed by atoms with van der Waals surface area (Å²) in [5.74, 6) is 1.21. The van der Waals surface area contributed by atoms with Crippen LogP contribution in [0.2, 0.25) is 0 Å². The van der Waals surface area contributed by atoms with Gasteiger partial charge in [0.1, 0.15) is 5.65 Å². The second kappa shape index (κ2) is 11.3. The first-order valence-corrected chi connectivity index (χ1v) is 16.1. The molecule has 2 aliphatic carbocycles. The Bertz CT molecular complexity index is 1990. The van der Waals surface area contributed by atoms with Gasteiger partial charge in [0.2, 0.25) is 6.79 Å². The van der Waals surface area contributed by atoms with E-state index in [1.54, 1.807) is 15.4 Å². The highest BCUT2D eigenvalue weighted by Crippen LogP contribution is 2.46. The minimum atomic E-state index is -0.240. The van der Waals surface area contributed by atoms with E-state index in [-0.39, 0.29) is 36.9 Å². The van der Waals surface area contributed by atoms with Crippen LogP contribution < -0.4 is 25.2 Å². The maximum atomic E-state index is 14.6. The number of nitrogens with one attached hydrogen (secondary N) is 1. The Morgan fingerprint density at radius 2 is 1.74 bits per heavy atom. The number of nitrogens with zero attached hydrogens (tertiary/aromatic N) is 4. The fraction of sp³-hybridized carbons (Fsp3) is 0.333. The fourth-order valence-corrected chi connectivity index (χ4v) is 6.91. The molecule has 1 N–H and O–H groups in total. The third-order valence-electron chi connectivity index (χ3n) is 9.34. The minimum Gasteiger partial charge on any atom is -0.454 e. The lowest BCUT2D eigenvalue weighted by atomic mass is 9.95. The van der Waals surface area contributed by atoms with Gasteiger partial charge in [0.05, 0.1) is 30.2 Å². The second-order valence-corrected chi connectivity index (χ2v) is 12.6. The molecular weight excluding hydrogens is 582 g/mol. The number of urea groups is 1. The molecule has 0 saturated heterocycles. The lowest BCUT2D eigenvalue weighted by molar-refractivity contribution is 0.0927. The summed E-state index contributed by atoms with van der Waals surface area (Å²) in [4.78, 5) is 49.5. The van der Waals surface area contributed by atoms with Crippen molar-refractivity contribution < 1.29 is 19.1 Å². The molecule has 4 aliphatic rings. The summed E-state index contributed by atoms with van der Waals surface area (Å²) in [6, 6.07) is 18.3. The number of hydrogen-bond acceptors (Lipinski definition) is 6. The average molecular weight is 618 g/mol. The first-order chi connectivity index (χ1) is 22.4. The van der Waals surface area contributed by atoms with Crippen LogP contribution in [0.1, 0.15) is 77.8 Å². The molecule has 2 aliphatic heterocycles. The minimum absolute atomic E-state index is 0.0689. The highest BCUT2D eigenvalue weighted by Gasteiger charge is 2.39. The lowest BCUT2D eigenvalue weighted by Gasteiger charge is -2.39. The number of pyridine rings is 1. The summed E-state index contributed by atoms with van der Waals surface area (Å²) in [6.07, 6.45) is 7.22. The molecule has 234 valence electrons. The van der Waals surface area contributed by atoms with Crippen LogP contribution in [0.15, 0.2) is 71.0 Å². The molecule has 0 unspecified atom stereocenters. The summed E-state index contributed by atoms with van der Waals surface area (Å²) in [6.45, 7) is 2.43. The van der Waals surface area contributed by atoms with Gasteiger partial charge in [-0.15, -0.1) is 0 Å². The van der Waals surface area contributed by atoms with Crippen molar-refractivity contribution in [3.8, 4) is 11.5 Å². The Kier molecular flexibility index (Phi) is 7.00. The number of amides is 3. The average Bonchev–Trinajstić information content (AvgIpc) is 3.79. The number of carbonyl (C=O) groups is 2. The molecule has 0 radical (unpaired) electrons. The third-order valence-corrected chi connectivity index (χ3v) is 9.34. The topological polar surface area (TPSA) is 105 Å². The molecule has 10 nitrogen and oxygen atoms in total. The van der Waals surface area contributed by atoms with Crippen molar-refractivity contribution in [1.29, 1.82) is 0 Å². The summed E-state index contributed by atoms with van der Waals surface area (Å²) in [7, 11) is 0. The van der Waals surface area contributed by atoms with Crippen molar-refractivity contribution in [2.24, 2.45) is 0 Å². The van der Waals surface area contributed by atoms with Gasteiger partial charge in [0.15, 0.2) is 11.5 Å². The van der Waals surface area contributed by atoms with Crippen LogP contribution >= 0.6 is 0 Å². The SMILES string of the molecule is Cc1cccc2nc(CN3C(=O)N(Cc4ccc5c(c4)OCO5)C(=C4CC4)c4ccc(C(=O)NC5CCCCC5)cc43)cc(=O)n12. The Morgan fingerprint density at radius 1 is 0.913 bits per heavy atom. The molecule has 3 amide bonds. The molecular formula is C36H35N5O5. The van der Waals surface area contributed by atoms with Gasteiger partial charge in [-0.3, -0.25) is 23.8 Å². The van der Waals surface area contributed by atoms with Crippen molar-refractivity contribution in [3.05, 3.63) is 105 Å². The Labute approximate surface area is 266 Å². The van der Waals surface area contributed by atoms with Crippen LogP contribution in [-0.2, 0) is 13.1 Å². The first kappa shape index (κ1) is 28.4. The normalized spacial score (nSPS) is 17.5. The van der Waals surface area contributed by atoms with E-state index in [4.69, 9.17) is 14.5 Å². The van der Waals surface area contributed by atoms with Crippen LogP contribution in [0.4, 0.5) is 10.5 Å².